The number of thiazole rings is 1. The molecule has 0 fully saturated rings. The third-order valence-corrected chi connectivity index (χ3v) is 5.21. The van der Waals surface area contributed by atoms with Gasteiger partial charge < -0.3 is 0 Å². The molecule has 2 aromatic carbocycles. The summed E-state index contributed by atoms with van der Waals surface area (Å²) in [7, 11) is 0. The zero-order valence-electron chi connectivity index (χ0n) is 14.8. The molecule has 4 aromatic rings. The van der Waals surface area contributed by atoms with Gasteiger partial charge in [0.1, 0.15) is 11.6 Å². The fourth-order valence-corrected chi connectivity index (χ4v) is 3.86. The number of aromatic nitrogens is 2. The Morgan fingerprint density at radius 3 is 2.57 bits per heavy atom. The van der Waals surface area contributed by atoms with E-state index in [0.717, 1.165) is 33.1 Å². The van der Waals surface area contributed by atoms with Crippen LogP contribution in [0, 0.1) is 12.7 Å². The Hall–Kier alpha value is -2.28. The lowest BCUT2D eigenvalue weighted by atomic mass is 10.1. The van der Waals surface area contributed by atoms with Crippen LogP contribution in [0.25, 0.3) is 17.1 Å². The van der Waals surface area contributed by atoms with Crippen LogP contribution in [0.4, 0.5) is 10.1 Å². The SMILES string of the molecule is Br.Cc1cccnc1-n1c(-c2ccc(F)c(Cl)c2)csc1=Nc1ccccc1. The molecule has 2 aromatic heterocycles. The maximum absolute atomic E-state index is 13.6. The van der Waals surface area contributed by atoms with Crippen molar-refractivity contribution >= 4 is 45.6 Å². The molecule has 0 aliphatic heterocycles. The standard InChI is InChI=1S/C21H15ClFN3S.BrH/c1-14-6-5-11-24-20(14)26-19(15-9-10-18(23)17(22)12-15)13-27-21(26)25-16-7-3-2-4-8-16;/h2-13H,1H3;1H. The molecule has 3 nitrogen and oxygen atoms in total. The normalized spacial score (nSPS) is 11.3. The van der Waals surface area contributed by atoms with E-state index in [1.807, 2.05) is 59.3 Å². The number of rotatable bonds is 3. The second-order valence-electron chi connectivity index (χ2n) is 5.96. The van der Waals surface area contributed by atoms with E-state index in [2.05, 4.69) is 4.98 Å². The Balaban J connectivity index is 0.00000225. The van der Waals surface area contributed by atoms with E-state index < -0.39 is 5.82 Å². The molecule has 0 saturated carbocycles. The van der Waals surface area contributed by atoms with Gasteiger partial charge >= 0.3 is 0 Å². The average Bonchev–Trinajstić information content (AvgIpc) is 3.08. The minimum atomic E-state index is -0.439. The van der Waals surface area contributed by atoms with Gasteiger partial charge in [-0.3, -0.25) is 4.57 Å². The number of pyridine rings is 1. The molecule has 0 bridgehead atoms. The molecule has 0 aliphatic rings. The van der Waals surface area contributed by atoms with Gasteiger partial charge in [0.2, 0.25) is 0 Å². The average molecular weight is 477 g/mol. The van der Waals surface area contributed by atoms with Crippen LogP contribution in [-0.4, -0.2) is 9.55 Å². The van der Waals surface area contributed by atoms with Gasteiger partial charge in [-0.05, 0) is 48.9 Å². The number of benzene rings is 2. The maximum Gasteiger partial charge on any atom is 0.196 e. The summed E-state index contributed by atoms with van der Waals surface area (Å²) in [4.78, 5) is 10.1. The minimum absolute atomic E-state index is 0. The molecule has 0 unspecified atom stereocenters. The first-order chi connectivity index (χ1) is 13.1. The molecule has 7 heteroatoms. The quantitative estimate of drug-likeness (QED) is 0.331. The van der Waals surface area contributed by atoms with Crippen molar-refractivity contribution in [2.75, 3.05) is 0 Å². The fourth-order valence-electron chi connectivity index (χ4n) is 2.78. The second-order valence-corrected chi connectivity index (χ2v) is 7.20. The van der Waals surface area contributed by atoms with Crippen molar-refractivity contribution in [1.29, 1.82) is 0 Å². The Kier molecular flexibility index (Phi) is 6.44. The van der Waals surface area contributed by atoms with Crippen LogP contribution < -0.4 is 4.80 Å². The number of hydrogen-bond acceptors (Lipinski definition) is 3. The third-order valence-electron chi connectivity index (χ3n) is 4.10. The van der Waals surface area contributed by atoms with Crippen molar-refractivity contribution < 1.29 is 4.39 Å². The van der Waals surface area contributed by atoms with Crippen LogP contribution in [0.3, 0.4) is 0 Å². The molecule has 0 radical (unpaired) electrons. The zero-order chi connectivity index (χ0) is 18.8. The lowest BCUT2D eigenvalue weighted by Gasteiger charge is -2.11. The van der Waals surface area contributed by atoms with Gasteiger partial charge in [0.15, 0.2) is 4.80 Å². The van der Waals surface area contributed by atoms with Gasteiger partial charge in [-0.1, -0.05) is 35.9 Å². The summed E-state index contributed by atoms with van der Waals surface area (Å²) >= 11 is 7.51. The minimum Gasteiger partial charge on any atom is -0.269 e. The monoisotopic (exact) mass is 475 g/mol. The van der Waals surface area contributed by atoms with E-state index in [-0.39, 0.29) is 22.0 Å². The van der Waals surface area contributed by atoms with Crippen molar-refractivity contribution in [3.63, 3.8) is 0 Å². The van der Waals surface area contributed by atoms with Crippen molar-refractivity contribution in [3.05, 3.63) is 93.4 Å². The summed E-state index contributed by atoms with van der Waals surface area (Å²) in [5.41, 5.74) is 3.53. The number of hydrogen-bond donors (Lipinski definition) is 0. The van der Waals surface area contributed by atoms with E-state index >= 15 is 0 Å². The maximum atomic E-state index is 13.6. The predicted octanol–water partition coefficient (Wildman–Crippen LogP) is 6.51. The van der Waals surface area contributed by atoms with E-state index in [1.54, 1.807) is 18.3 Å². The summed E-state index contributed by atoms with van der Waals surface area (Å²) in [6.07, 6.45) is 1.75. The Morgan fingerprint density at radius 2 is 1.86 bits per heavy atom. The fraction of sp³-hybridized carbons (Fsp3) is 0.0476. The number of nitrogens with zero attached hydrogens (tertiary/aromatic N) is 3. The van der Waals surface area contributed by atoms with Gasteiger partial charge in [-0.15, -0.1) is 28.3 Å². The lowest BCUT2D eigenvalue weighted by molar-refractivity contribution is 0.628. The van der Waals surface area contributed by atoms with Crippen molar-refractivity contribution in [2.45, 2.75) is 6.92 Å². The van der Waals surface area contributed by atoms with Crippen LogP contribution in [0.15, 0.2) is 77.2 Å². The summed E-state index contributed by atoms with van der Waals surface area (Å²) in [5, 5.41) is 2.07. The highest BCUT2D eigenvalue weighted by Crippen LogP contribution is 2.28. The molecule has 0 atom stereocenters. The van der Waals surface area contributed by atoms with E-state index in [1.165, 1.54) is 17.4 Å². The number of aryl methyl sites for hydroxylation is 1. The van der Waals surface area contributed by atoms with Crippen molar-refractivity contribution in [2.24, 2.45) is 4.99 Å². The predicted molar refractivity (Wildman–Crippen MR) is 119 cm³/mol. The van der Waals surface area contributed by atoms with Gasteiger partial charge in [-0.2, -0.15) is 0 Å². The van der Waals surface area contributed by atoms with Gasteiger partial charge in [0.05, 0.1) is 16.4 Å². The molecule has 0 aliphatic carbocycles. The van der Waals surface area contributed by atoms with Crippen molar-refractivity contribution in [1.82, 2.24) is 9.55 Å². The first-order valence-corrected chi connectivity index (χ1v) is 9.57. The van der Waals surface area contributed by atoms with Gasteiger partial charge in [0.25, 0.3) is 0 Å². The first kappa shape index (κ1) is 20.5. The van der Waals surface area contributed by atoms with E-state index in [0.29, 0.717) is 0 Å². The van der Waals surface area contributed by atoms with Crippen LogP contribution in [0.1, 0.15) is 5.56 Å². The Bertz CT molecular complexity index is 1170. The number of para-hydroxylation sites is 1. The van der Waals surface area contributed by atoms with Crippen LogP contribution in [-0.2, 0) is 0 Å². The largest absolute Gasteiger partial charge is 0.269 e. The van der Waals surface area contributed by atoms with E-state index in [4.69, 9.17) is 16.6 Å². The molecule has 0 N–H and O–H groups in total. The van der Waals surface area contributed by atoms with E-state index in [9.17, 15) is 4.39 Å². The molecule has 0 spiro atoms. The van der Waals surface area contributed by atoms with Crippen LogP contribution in [0.2, 0.25) is 5.02 Å². The molecule has 0 saturated heterocycles. The molecular weight excluding hydrogens is 461 g/mol. The summed E-state index contributed by atoms with van der Waals surface area (Å²) in [6, 6.07) is 18.4. The smallest absolute Gasteiger partial charge is 0.196 e. The Labute approximate surface area is 181 Å². The third kappa shape index (κ3) is 4.09. The highest BCUT2D eigenvalue weighted by molar-refractivity contribution is 8.93. The summed E-state index contributed by atoms with van der Waals surface area (Å²) in [6.45, 7) is 2.00. The van der Waals surface area contributed by atoms with Crippen LogP contribution >= 0.6 is 39.9 Å². The number of halogens is 3. The molecule has 4 rings (SSSR count). The highest BCUT2D eigenvalue weighted by atomic mass is 79.9. The molecular formula is C21H16BrClFN3S. The Morgan fingerprint density at radius 1 is 1.07 bits per heavy atom. The molecule has 28 heavy (non-hydrogen) atoms. The van der Waals surface area contributed by atoms with Gasteiger partial charge in [0, 0.05) is 17.1 Å². The summed E-state index contributed by atoms with van der Waals surface area (Å²) in [5.74, 6) is 0.342. The topological polar surface area (TPSA) is 30.2 Å². The lowest BCUT2D eigenvalue weighted by Crippen LogP contribution is -2.16. The second kappa shape index (κ2) is 8.82. The first-order valence-electron chi connectivity index (χ1n) is 8.31. The molecule has 142 valence electrons. The zero-order valence-corrected chi connectivity index (χ0v) is 18.1. The molecule has 2 heterocycles. The summed E-state index contributed by atoms with van der Waals surface area (Å²) < 4.78 is 15.6. The van der Waals surface area contributed by atoms with Crippen LogP contribution in [0.5, 0.6) is 0 Å². The highest BCUT2D eigenvalue weighted by Gasteiger charge is 2.14. The molecule has 0 amide bonds. The van der Waals surface area contributed by atoms with Gasteiger partial charge in [-0.25, -0.2) is 14.4 Å². The van der Waals surface area contributed by atoms with Crippen molar-refractivity contribution in [3.8, 4) is 17.1 Å².